The van der Waals surface area contributed by atoms with E-state index in [1.165, 1.54) is 5.56 Å². The van der Waals surface area contributed by atoms with Crippen LogP contribution in [0.3, 0.4) is 0 Å². The van der Waals surface area contributed by atoms with Gasteiger partial charge < -0.3 is 4.74 Å². The third-order valence-corrected chi connectivity index (χ3v) is 2.50. The fourth-order valence-corrected chi connectivity index (χ4v) is 1.47. The zero-order chi connectivity index (χ0) is 9.80. The topological polar surface area (TPSA) is 45.3 Å². The first-order chi connectivity index (χ1) is 6.84. The predicted molar refractivity (Wildman–Crippen MR) is 57.0 cm³/mol. The summed E-state index contributed by atoms with van der Waals surface area (Å²) in [5.41, 5.74) is 9.82. The first-order valence-corrected chi connectivity index (χ1v) is 5.23. The molecule has 0 radical (unpaired) electrons. The fraction of sp³-hybridized carbons (Fsp3) is 0.333. The molecule has 1 saturated heterocycles. The quantitative estimate of drug-likeness (QED) is 0.754. The van der Waals surface area contributed by atoms with Gasteiger partial charge in [-0.1, -0.05) is 28.1 Å². The lowest BCUT2D eigenvalue weighted by atomic mass is 10.2. The van der Waals surface area contributed by atoms with E-state index in [9.17, 15) is 0 Å². The number of benzene rings is 1. The molecule has 1 aromatic carbocycles. The summed E-state index contributed by atoms with van der Waals surface area (Å²) < 4.78 is 6.66. The van der Waals surface area contributed by atoms with Crippen molar-refractivity contribution in [3.63, 3.8) is 0 Å². The molecule has 0 aliphatic carbocycles. The van der Waals surface area contributed by atoms with Crippen LogP contribution in [0.5, 0.6) is 0 Å². The summed E-state index contributed by atoms with van der Waals surface area (Å²) in [5.74, 6) is 0. The normalized spacial score (nSPS) is 21.4. The Hall–Kier alpha value is -0.460. The molecule has 1 unspecified atom stereocenters. The summed E-state index contributed by atoms with van der Waals surface area (Å²) in [6, 6.07) is 8.11. The Morgan fingerprint density at radius 1 is 1.36 bits per heavy atom. The zero-order valence-corrected chi connectivity index (χ0v) is 9.17. The first-order valence-electron chi connectivity index (χ1n) is 4.44. The van der Waals surface area contributed by atoms with Crippen molar-refractivity contribution in [2.45, 2.75) is 12.8 Å². The average molecular weight is 258 g/mol. The van der Waals surface area contributed by atoms with Gasteiger partial charge >= 0.3 is 0 Å². The van der Waals surface area contributed by atoms with Crippen molar-refractivity contribution in [3.05, 3.63) is 34.3 Å². The summed E-state index contributed by atoms with van der Waals surface area (Å²) in [7, 11) is 0. The second-order valence-corrected chi connectivity index (χ2v) is 3.99. The molecule has 1 heterocycles. The maximum Gasteiger partial charge on any atom is 0.135 e. The Bertz CT molecular complexity index is 285. The standard InChI is InChI=1S/C9H12BrN3O/c10-8-3-1-7(2-4-8)6-14-9-5-11-13-12-9/h1-4,9,11-13H,5-6H2. The van der Waals surface area contributed by atoms with E-state index in [4.69, 9.17) is 4.74 Å². The third kappa shape index (κ3) is 2.76. The van der Waals surface area contributed by atoms with Gasteiger partial charge in [-0.25, -0.2) is 10.9 Å². The van der Waals surface area contributed by atoms with Gasteiger partial charge in [0.1, 0.15) is 6.23 Å². The van der Waals surface area contributed by atoms with E-state index in [-0.39, 0.29) is 6.23 Å². The largest absolute Gasteiger partial charge is 0.356 e. The van der Waals surface area contributed by atoms with Crippen molar-refractivity contribution in [1.29, 1.82) is 0 Å². The highest BCUT2D eigenvalue weighted by molar-refractivity contribution is 9.10. The zero-order valence-electron chi connectivity index (χ0n) is 7.59. The SMILES string of the molecule is Brc1ccc(COC2CNNN2)cc1. The van der Waals surface area contributed by atoms with Crippen LogP contribution in [0.2, 0.25) is 0 Å². The molecule has 14 heavy (non-hydrogen) atoms. The smallest absolute Gasteiger partial charge is 0.135 e. The van der Waals surface area contributed by atoms with Crippen molar-refractivity contribution in [1.82, 2.24) is 16.4 Å². The molecule has 76 valence electrons. The summed E-state index contributed by atoms with van der Waals surface area (Å²) in [6.07, 6.45) is 0.0404. The second-order valence-electron chi connectivity index (χ2n) is 3.08. The Labute approximate surface area is 91.1 Å². The molecule has 0 amide bonds. The van der Waals surface area contributed by atoms with Crippen molar-refractivity contribution >= 4 is 15.9 Å². The number of hydrazine groups is 2. The molecule has 1 aliphatic rings. The summed E-state index contributed by atoms with van der Waals surface area (Å²) in [5, 5.41) is 0. The van der Waals surface area contributed by atoms with Gasteiger partial charge in [0.05, 0.1) is 13.2 Å². The van der Waals surface area contributed by atoms with Gasteiger partial charge in [-0.05, 0) is 17.7 Å². The van der Waals surface area contributed by atoms with Crippen LogP contribution in [0, 0.1) is 0 Å². The molecular weight excluding hydrogens is 246 g/mol. The lowest BCUT2D eigenvalue weighted by Crippen LogP contribution is -2.34. The van der Waals surface area contributed by atoms with Crippen LogP contribution in [0.4, 0.5) is 0 Å². The van der Waals surface area contributed by atoms with Crippen LogP contribution >= 0.6 is 15.9 Å². The molecule has 1 aliphatic heterocycles. The van der Waals surface area contributed by atoms with E-state index < -0.39 is 0 Å². The lowest BCUT2D eigenvalue weighted by Gasteiger charge is -2.09. The molecule has 3 N–H and O–H groups in total. The number of nitrogens with one attached hydrogen (secondary N) is 3. The van der Waals surface area contributed by atoms with Crippen LogP contribution < -0.4 is 16.4 Å². The van der Waals surface area contributed by atoms with E-state index in [0.717, 1.165) is 11.0 Å². The Kier molecular flexibility index (Phi) is 3.49. The molecule has 0 spiro atoms. The summed E-state index contributed by atoms with van der Waals surface area (Å²) in [4.78, 5) is 0. The number of rotatable bonds is 3. The van der Waals surface area contributed by atoms with E-state index in [0.29, 0.717) is 6.61 Å². The molecule has 0 aromatic heterocycles. The van der Waals surface area contributed by atoms with Crippen LogP contribution in [-0.4, -0.2) is 12.8 Å². The predicted octanol–water partition coefficient (Wildman–Crippen LogP) is 0.904. The van der Waals surface area contributed by atoms with Crippen LogP contribution in [0.1, 0.15) is 5.56 Å². The Balaban J connectivity index is 1.82. The Morgan fingerprint density at radius 3 is 2.79 bits per heavy atom. The molecule has 1 fully saturated rings. The maximum atomic E-state index is 5.58. The lowest BCUT2D eigenvalue weighted by molar-refractivity contribution is 0.0351. The minimum Gasteiger partial charge on any atom is -0.356 e. The summed E-state index contributed by atoms with van der Waals surface area (Å²) >= 11 is 3.39. The number of ether oxygens (including phenoxy) is 1. The van der Waals surface area contributed by atoms with Gasteiger partial charge in [-0.15, -0.1) is 0 Å². The molecule has 0 saturated carbocycles. The van der Waals surface area contributed by atoms with Crippen LogP contribution in [0.25, 0.3) is 0 Å². The highest BCUT2D eigenvalue weighted by Crippen LogP contribution is 2.11. The van der Waals surface area contributed by atoms with Crippen molar-refractivity contribution < 1.29 is 4.74 Å². The van der Waals surface area contributed by atoms with Gasteiger partial charge in [0.2, 0.25) is 0 Å². The summed E-state index contributed by atoms with van der Waals surface area (Å²) in [6.45, 7) is 1.39. The molecule has 5 heteroatoms. The van der Waals surface area contributed by atoms with Crippen LogP contribution in [-0.2, 0) is 11.3 Å². The second kappa shape index (κ2) is 4.86. The van der Waals surface area contributed by atoms with E-state index >= 15 is 0 Å². The molecular formula is C9H12BrN3O. The molecule has 0 bridgehead atoms. The molecule has 4 nitrogen and oxygen atoms in total. The van der Waals surface area contributed by atoms with Crippen molar-refractivity contribution in [2.75, 3.05) is 6.54 Å². The van der Waals surface area contributed by atoms with Gasteiger partial charge in [0.15, 0.2) is 0 Å². The molecule has 1 aromatic rings. The maximum absolute atomic E-state index is 5.58. The van der Waals surface area contributed by atoms with Gasteiger partial charge in [-0.3, -0.25) is 0 Å². The van der Waals surface area contributed by atoms with Gasteiger partial charge in [0.25, 0.3) is 0 Å². The first kappa shape index (κ1) is 10.1. The fourth-order valence-electron chi connectivity index (χ4n) is 1.20. The minimum atomic E-state index is 0.0404. The Morgan fingerprint density at radius 2 is 2.14 bits per heavy atom. The number of halogens is 1. The number of hydrogen-bond acceptors (Lipinski definition) is 4. The van der Waals surface area contributed by atoms with E-state index in [2.05, 4.69) is 32.3 Å². The monoisotopic (exact) mass is 257 g/mol. The average Bonchev–Trinajstić information content (AvgIpc) is 2.70. The van der Waals surface area contributed by atoms with E-state index in [1.807, 2.05) is 24.3 Å². The third-order valence-electron chi connectivity index (χ3n) is 1.97. The van der Waals surface area contributed by atoms with Crippen molar-refractivity contribution in [3.8, 4) is 0 Å². The highest BCUT2D eigenvalue weighted by Gasteiger charge is 2.12. The van der Waals surface area contributed by atoms with Gasteiger partial charge in [0, 0.05) is 4.47 Å². The molecule has 2 rings (SSSR count). The van der Waals surface area contributed by atoms with Gasteiger partial charge in [-0.2, -0.15) is 5.53 Å². The molecule has 1 atom stereocenters. The van der Waals surface area contributed by atoms with Crippen LogP contribution in [0.15, 0.2) is 28.7 Å². The minimum absolute atomic E-state index is 0.0404. The van der Waals surface area contributed by atoms with Crippen molar-refractivity contribution in [2.24, 2.45) is 0 Å². The number of hydrogen-bond donors (Lipinski definition) is 3. The van der Waals surface area contributed by atoms with E-state index in [1.54, 1.807) is 0 Å². The highest BCUT2D eigenvalue weighted by atomic mass is 79.9.